The highest BCUT2D eigenvalue weighted by Gasteiger charge is 1.95. The Kier molecular flexibility index (Phi) is 10.9. The highest BCUT2D eigenvalue weighted by atomic mass is 16.3. The van der Waals surface area contributed by atoms with Crippen LogP contribution in [0, 0.1) is 0 Å². The number of rotatable bonds is 10. The van der Waals surface area contributed by atoms with Crippen molar-refractivity contribution in [3.63, 3.8) is 0 Å². The van der Waals surface area contributed by atoms with Crippen LogP contribution in [0.2, 0.25) is 0 Å². The first-order chi connectivity index (χ1) is 6.77. The second-order valence-corrected chi connectivity index (χ2v) is 4.18. The zero-order chi connectivity index (χ0) is 10.6. The van der Waals surface area contributed by atoms with E-state index in [1.165, 1.54) is 51.4 Å². The highest BCUT2D eigenvalue weighted by Crippen LogP contribution is 2.10. The molecule has 0 aromatic rings. The zero-order valence-electron chi connectivity index (χ0n) is 9.67. The van der Waals surface area contributed by atoms with Gasteiger partial charge in [0.2, 0.25) is 0 Å². The van der Waals surface area contributed by atoms with Crippen LogP contribution in [0.25, 0.3) is 0 Å². The van der Waals surface area contributed by atoms with Crippen molar-refractivity contribution in [3.05, 3.63) is 0 Å². The second kappa shape index (κ2) is 11.0. The predicted molar refractivity (Wildman–Crippen MR) is 62.0 cm³/mol. The summed E-state index contributed by atoms with van der Waals surface area (Å²) in [5.74, 6) is 0. The van der Waals surface area contributed by atoms with E-state index in [0.717, 1.165) is 12.8 Å². The largest absolute Gasteiger partial charge is 0.379 e. The molecule has 1 atom stereocenters. The molecule has 0 aliphatic carbocycles. The average Bonchev–Trinajstić information content (AvgIpc) is 2.15. The molecular formula is C12H27NO. The van der Waals surface area contributed by atoms with Crippen LogP contribution in [0.3, 0.4) is 0 Å². The van der Waals surface area contributed by atoms with E-state index >= 15 is 0 Å². The Labute approximate surface area is 88.9 Å². The number of hydrogen-bond donors (Lipinski definition) is 2. The zero-order valence-corrected chi connectivity index (χ0v) is 9.67. The molecule has 0 aromatic heterocycles. The Bertz CT molecular complexity index is 104. The number of hydrogen-bond acceptors (Lipinski definition) is 2. The van der Waals surface area contributed by atoms with E-state index in [1.54, 1.807) is 0 Å². The Morgan fingerprint density at radius 1 is 0.857 bits per heavy atom. The van der Waals surface area contributed by atoms with E-state index in [0.29, 0.717) is 0 Å². The molecule has 0 unspecified atom stereocenters. The molecule has 0 spiro atoms. The molecule has 0 aliphatic rings. The molecule has 0 radical (unpaired) electrons. The highest BCUT2D eigenvalue weighted by molar-refractivity contribution is 4.49. The third-order valence-electron chi connectivity index (χ3n) is 2.60. The van der Waals surface area contributed by atoms with E-state index in [2.05, 4.69) is 6.92 Å². The van der Waals surface area contributed by atoms with E-state index in [4.69, 9.17) is 10.8 Å². The minimum absolute atomic E-state index is 0.598. The molecule has 0 aromatic carbocycles. The van der Waals surface area contributed by atoms with Gasteiger partial charge in [0.25, 0.3) is 0 Å². The molecule has 86 valence electrons. The molecule has 0 saturated carbocycles. The third-order valence-corrected chi connectivity index (χ3v) is 2.60. The molecule has 0 fully saturated rings. The maximum atomic E-state index is 8.83. The van der Waals surface area contributed by atoms with Crippen LogP contribution < -0.4 is 5.73 Å². The first-order valence-electron chi connectivity index (χ1n) is 6.21. The van der Waals surface area contributed by atoms with Crippen LogP contribution in [0.5, 0.6) is 0 Å². The quantitative estimate of drug-likeness (QED) is 0.421. The van der Waals surface area contributed by atoms with E-state index in [9.17, 15) is 0 Å². The minimum Gasteiger partial charge on any atom is -0.379 e. The van der Waals surface area contributed by atoms with Crippen molar-refractivity contribution in [3.8, 4) is 0 Å². The molecule has 0 aliphatic heterocycles. The third kappa shape index (κ3) is 11.9. The van der Waals surface area contributed by atoms with Gasteiger partial charge in [-0.1, -0.05) is 58.3 Å². The Hall–Kier alpha value is -0.0800. The first-order valence-corrected chi connectivity index (χ1v) is 6.21. The first kappa shape index (κ1) is 13.9. The molecule has 0 saturated heterocycles. The smallest absolute Gasteiger partial charge is 0.102 e. The Morgan fingerprint density at radius 3 is 1.71 bits per heavy atom. The summed E-state index contributed by atoms with van der Waals surface area (Å²) in [4.78, 5) is 0. The van der Waals surface area contributed by atoms with Crippen molar-refractivity contribution in [2.45, 2.75) is 77.4 Å². The van der Waals surface area contributed by atoms with E-state index in [1.807, 2.05) is 0 Å². The number of unbranched alkanes of at least 4 members (excludes halogenated alkanes) is 8. The summed E-state index contributed by atoms with van der Waals surface area (Å²) in [6.07, 6.45) is 12.0. The fourth-order valence-electron chi connectivity index (χ4n) is 1.66. The van der Waals surface area contributed by atoms with Crippen LogP contribution in [0.4, 0.5) is 0 Å². The van der Waals surface area contributed by atoms with Gasteiger partial charge in [0, 0.05) is 0 Å². The van der Waals surface area contributed by atoms with E-state index in [-0.39, 0.29) is 0 Å². The lowest BCUT2D eigenvalue weighted by Gasteiger charge is -2.03. The maximum Gasteiger partial charge on any atom is 0.102 e. The van der Waals surface area contributed by atoms with Gasteiger partial charge in [-0.25, -0.2) is 0 Å². The van der Waals surface area contributed by atoms with Gasteiger partial charge in [0.1, 0.15) is 6.23 Å². The summed E-state index contributed by atoms with van der Waals surface area (Å²) >= 11 is 0. The van der Waals surface area contributed by atoms with E-state index < -0.39 is 6.23 Å². The predicted octanol–water partition coefficient (Wildman–Crippen LogP) is 3.18. The summed E-state index contributed by atoms with van der Waals surface area (Å²) < 4.78 is 0. The molecule has 0 heterocycles. The molecule has 14 heavy (non-hydrogen) atoms. The van der Waals surface area contributed by atoms with Crippen LogP contribution in [0.15, 0.2) is 0 Å². The van der Waals surface area contributed by atoms with Crippen LogP contribution >= 0.6 is 0 Å². The second-order valence-electron chi connectivity index (χ2n) is 4.18. The number of nitrogens with two attached hydrogens (primary N) is 1. The van der Waals surface area contributed by atoms with Gasteiger partial charge in [0.05, 0.1) is 0 Å². The van der Waals surface area contributed by atoms with Crippen LogP contribution in [0.1, 0.15) is 71.1 Å². The molecule has 2 nitrogen and oxygen atoms in total. The van der Waals surface area contributed by atoms with Gasteiger partial charge in [0.15, 0.2) is 0 Å². The summed E-state index contributed by atoms with van der Waals surface area (Å²) in [5, 5.41) is 8.83. The van der Waals surface area contributed by atoms with Gasteiger partial charge in [-0.05, 0) is 12.8 Å². The van der Waals surface area contributed by atoms with Gasteiger partial charge < -0.3 is 10.8 Å². The van der Waals surface area contributed by atoms with Crippen molar-refractivity contribution >= 4 is 0 Å². The molecule has 0 rings (SSSR count). The van der Waals surface area contributed by atoms with Gasteiger partial charge in [-0.3, -0.25) is 0 Å². The fourth-order valence-corrected chi connectivity index (χ4v) is 1.66. The molecule has 0 bridgehead atoms. The Balaban J connectivity index is 2.85. The van der Waals surface area contributed by atoms with Gasteiger partial charge in [-0.2, -0.15) is 0 Å². The molecular weight excluding hydrogens is 174 g/mol. The monoisotopic (exact) mass is 201 g/mol. The normalized spacial score (nSPS) is 13.1. The SMILES string of the molecule is CCCCCCCCCCC[C@H](N)O. The minimum atomic E-state index is -0.598. The van der Waals surface area contributed by atoms with Crippen LogP contribution in [-0.2, 0) is 0 Å². The van der Waals surface area contributed by atoms with Crippen molar-refractivity contribution in [2.24, 2.45) is 5.73 Å². The van der Waals surface area contributed by atoms with Crippen LogP contribution in [-0.4, -0.2) is 11.3 Å². The standard InChI is InChI=1S/C12H27NO/c1-2-3-4-5-6-7-8-9-10-11-12(13)14/h12,14H,2-11,13H2,1H3/t12-/m1/s1. The van der Waals surface area contributed by atoms with Gasteiger partial charge >= 0.3 is 0 Å². The number of aliphatic hydroxyl groups excluding tert-OH is 1. The summed E-state index contributed by atoms with van der Waals surface area (Å²) in [6, 6.07) is 0. The molecule has 0 amide bonds. The lowest BCUT2D eigenvalue weighted by atomic mass is 10.1. The van der Waals surface area contributed by atoms with Crippen molar-refractivity contribution in [1.82, 2.24) is 0 Å². The molecule has 3 N–H and O–H groups in total. The van der Waals surface area contributed by atoms with Crippen molar-refractivity contribution < 1.29 is 5.11 Å². The van der Waals surface area contributed by atoms with Gasteiger partial charge in [-0.15, -0.1) is 0 Å². The Morgan fingerprint density at radius 2 is 1.29 bits per heavy atom. The lowest BCUT2D eigenvalue weighted by Crippen LogP contribution is -2.17. The fraction of sp³-hybridized carbons (Fsp3) is 1.00. The summed E-state index contributed by atoms with van der Waals surface area (Å²) in [6.45, 7) is 2.25. The maximum absolute atomic E-state index is 8.83. The average molecular weight is 201 g/mol. The molecule has 2 heteroatoms. The summed E-state index contributed by atoms with van der Waals surface area (Å²) in [5.41, 5.74) is 5.24. The van der Waals surface area contributed by atoms with Crippen molar-refractivity contribution in [2.75, 3.05) is 0 Å². The number of aliphatic hydroxyl groups is 1. The topological polar surface area (TPSA) is 46.2 Å². The summed E-state index contributed by atoms with van der Waals surface area (Å²) in [7, 11) is 0. The lowest BCUT2D eigenvalue weighted by molar-refractivity contribution is 0.168. The van der Waals surface area contributed by atoms with Crippen molar-refractivity contribution in [1.29, 1.82) is 0 Å².